The van der Waals surface area contributed by atoms with Crippen LogP contribution in [0, 0.1) is 0 Å². The number of halogens is 1. The lowest BCUT2D eigenvalue weighted by atomic mass is 10.1. The molecular formula is C10H12BrNOS. The van der Waals surface area contributed by atoms with Gasteiger partial charge in [-0.05, 0) is 24.3 Å². The number of rotatable bonds is 3. The number of benzene rings is 1. The lowest BCUT2D eigenvalue weighted by molar-refractivity contribution is -0.00434. The Labute approximate surface area is 96.3 Å². The molecule has 1 aliphatic rings. The van der Waals surface area contributed by atoms with Gasteiger partial charge in [0.2, 0.25) is 0 Å². The topological polar surface area (TPSA) is 35.2 Å². The predicted molar refractivity (Wildman–Crippen MR) is 62.6 cm³/mol. The molecule has 1 aromatic carbocycles. The van der Waals surface area contributed by atoms with E-state index in [1.165, 1.54) is 4.90 Å². The number of hydrogen-bond donors (Lipinski definition) is 1. The molecule has 0 spiro atoms. The molecule has 2 N–H and O–H groups in total. The Morgan fingerprint density at radius 2 is 2.00 bits per heavy atom. The van der Waals surface area contributed by atoms with Gasteiger partial charge in [-0.15, -0.1) is 11.8 Å². The Morgan fingerprint density at radius 1 is 1.36 bits per heavy atom. The van der Waals surface area contributed by atoms with E-state index in [4.69, 9.17) is 10.5 Å². The van der Waals surface area contributed by atoms with Gasteiger partial charge >= 0.3 is 0 Å². The van der Waals surface area contributed by atoms with Crippen LogP contribution in [0.2, 0.25) is 0 Å². The minimum absolute atomic E-state index is 0.119. The number of thioether (sulfide) groups is 1. The molecule has 0 unspecified atom stereocenters. The fourth-order valence-electron chi connectivity index (χ4n) is 1.30. The van der Waals surface area contributed by atoms with Crippen molar-refractivity contribution in [3.63, 3.8) is 0 Å². The van der Waals surface area contributed by atoms with Gasteiger partial charge in [0.1, 0.15) is 0 Å². The molecule has 0 atom stereocenters. The molecule has 4 heteroatoms. The molecule has 0 amide bonds. The van der Waals surface area contributed by atoms with Crippen LogP contribution in [0.1, 0.15) is 0 Å². The number of nitrogens with two attached hydrogens (primary N) is 1. The summed E-state index contributed by atoms with van der Waals surface area (Å²) in [5.74, 6) is 0. The molecule has 1 aromatic rings. The highest BCUT2D eigenvalue weighted by molar-refractivity contribution is 9.10. The van der Waals surface area contributed by atoms with Gasteiger partial charge in [-0.2, -0.15) is 0 Å². The van der Waals surface area contributed by atoms with E-state index in [-0.39, 0.29) is 4.75 Å². The van der Waals surface area contributed by atoms with Crippen molar-refractivity contribution in [1.82, 2.24) is 0 Å². The zero-order valence-electron chi connectivity index (χ0n) is 7.70. The van der Waals surface area contributed by atoms with Gasteiger partial charge in [0, 0.05) is 15.9 Å². The molecule has 14 heavy (non-hydrogen) atoms. The largest absolute Gasteiger partial charge is 0.378 e. The Hall–Kier alpha value is -0.0300. The molecule has 2 nitrogen and oxygen atoms in total. The van der Waals surface area contributed by atoms with Crippen molar-refractivity contribution < 1.29 is 4.74 Å². The van der Waals surface area contributed by atoms with Crippen LogP contribution in [-0.4, -0.2) is 24.5 Å². The summed E-state index contributed by atoms with van der Waals surface area (Å²) in [6.45, 7) is 2.21. The lowest BCUT2D eigenvalue weighted by Gasteiger charge is -2.39. The SMILES string of the molecule is NCC1(Sc2ccc(Br)cc2)COC1. The molecular weight excluding hydrogens is 262 g/mol. The molecule has 76 valence electrons. The zero-order chi connectivity index (χ0) is 10.0. The average Bonchev–Trinajstić information content (AvgIpc) is 2.15. The summed E-state index contributed by atoms with van der Waals surface area (Å²) in [5.41, 5.74) is 5.74. The zero-order valence-corrected chi connectivity index (χ0v) is 10.1. The second kappa shape index (κ2) is 4.23. The van der Waals surface area contributed by atoms with Gasteiger partial charge in [-0.1, -0.05) is 15.9 Å². The number of hydrogen-bond acceptors (Lipinski definition) is 3. The third-order valence-electron chi connectivity index (χ3n) is 2.25. The first-order valence-electron chi connectivity index (χ1n) is 4.46. The minimum Gasteiger partial charge on any atom is -0.378 e. The van der Waals surface area contributed by atoms with Gasteiger partial charge < -0.3 is 10.5 Å². The summed E-state index contributed by atoms with van der Waals surface area (Å²) in [6, 6.07) is 8.30. The Morgan fingerprint density at radius 3 is 2.43 bits per heavy atom. The van der Waals surface area contributed by atoms with Crippen LogP contribution in [0.4, 0.5) is 0 Å². The maximum absolute atomic E-state index is 5.74. The molecule has 1 aliphatic heterocycles. The summed E-state index contributed by atoms with van der Waals surface area (Å²) in [6.07, 6.45) is 0. The quantitative estimate of drug-likeness (QED) is 0.918. The second-order valence-electron chi connectivity index (χ2n) is 3.44. The fraction of sp³-hybridized carbons (Fsp3) is 0.400. The molecule has 1 heterocycles. The molecule has 0 aromatic heterocycles. The summed E-state index contributed by atoms with van der Waals surface area (Å²) in [7, 11) is 0. The van der Waals surface area contributed by atoms with Gasteiger partial charge in [0.25, 0.3) is 0 Å². The van der Waals surface area contributed by atoms with Crippen LogP contribution in [0.25, 0.3) is 0 Å². The highest BCUT2D eigenvalue weighted by Crippen LogP contribution is 2.38. The van der Waals surface area contributed by atoms with E-state index in [0.29, 0.717) is 6.54 Å². The van der Waals surface area contributed by atoms with Gasteiger partial charge in [-0.3, -0.25) is 0 Å². The molecule has 1 fully saturated rings. The van der Waals surface area contributed by atoms with Crippen LogP contribution >= 0.6 is 27.7 Å². The highest BCUT2D eigenvalue weighted by atomic mass is 79.9. The average molecular weight is 274 g/mol. The van der Waals surface area contributed by atoms with Crippen LogP contribution in [0.15, 0.2) is 33.6 Å². The monoisotopic (exact) mass is 273 g/mol. The normalized spacial score (nSPS) is 19.0. The van der Waals surface area contributed by atoms with Crippen molar-refractivity contribution in [3.05, 3.63) is 28.7 Å². The van der Waals surface area contributed by atoms with Crippen molar-refractivity contribution in [2.24, 2.45) is 5.73 Å². The van der Waals surface area contributed by atoms with Gasteiger partial charge in [0.05, 0.1) is 18.0 Å². The lowest BCUT2D eigenvalue weighted by Crippen LogP contribution is -2.52. The minimum atomic E-state index is 0.119. The summed E-state index contributed by atoms with van der Waals surface area (Å²) < 4.78 is 6.44. The molecule has 0 bridgehead atoms. The maximum Gasteiger partial charge on any atom is 0.0794 e. The van der Waals surface area contributed by atoms with E-state index in [0.717, 1.165) is 17.7 Å². The first kappa shape index (κ1) is 10.5. The van der Waals surface area contributed by atoms with Gasteiger partial charge in [0.15, 0.2) is 0 Å². The molecule has 0 aliphatic carbocycles. The van der Waals surface area contributed by atoms with E-state index in [1.54, 1.807) is 0 Å². The Bertz CT molecular complexity index is 305. The third-order valence-corrected chi connectivity index (χ3v) is 4.12. The molecule has 1 saturated heterocycles. The molecule has 0 saturated carbocycles. The highest BCUT2D eigenvalue weighted by Gasteiger charge is 2.38. The van der Waals surface area contributed by atoms with Crippen molar-refractivity contribution in [3.8, 4) is 0 Å². The summed E-state index contributed by atoms with van der Waals surface area (Å²) in [4.78, 5) is 1.25. The summed E-state index contributed by atoms with van der Waals surface area (Å²) >= 11 is 5.23. The summed E-state index contributed by atoms with van der Waals surface area (Å²) in [5, 5.41) is 0. The molecule has 2 rings (SSSR count). The van der Waals surface area contributed by atoms with Crippen LogP contribution in [0.3, 0.4) is 0 Å². The van der Waals surface area contributed by atoms with Crippen molar-refractivity contribution >= 4 is 27.7 Å². The van der Waals surface area contributed by atoms with E-state index in [9.17, 15) is 0 Å². The first-order valence-corrected chi connectivity index (χ1v) is 6.07. The van der Waals surface area contributed by atoms with E-state index < -0.39 is 0 Å². The van der Waals surface area contributed by atoms with Crippen LogP contribution in [0.5, 0.6) is 0 Å². The van der Waals surface area contributed by atoms with E-state index >= 15 is 0 Å². The second-order valence-corrected chi connectivity index (χ2v) is 5.89. The predicted octanol–water partition coefficient (Wildman–Crippen LogP) is 2.27. The van der Waals surface area contributed by atoms with Crippen molar-refractivity contribution in [2.45, 2.75) is 9.64 Å². The standard InChI is InChI=1S/C10H12BrNOS/c11-8-1-3-9(4-2-8)14-10(5-12)6-13-7-10/h1-4H,5-7,12H2. The Kier molecular flexibility index (Phi) is 3.17. The van der Waals surface area contributed by atoms with Gasteiger partial charge in [-0.25, -0.2) is 0 Å². The maximum atomic E-state index is 5.74. The van der Waals surface area contributed by atoms with Crippen molar-refractivity contribution in [2.75, 3.05) is 19.8 Å². The van der Waals surface area contributed by atoms with E-state index in [1.807, 2.05) is 23.9 Å². The molecule has 0 radical (unpaired) electrons. The first-order chi connectivity index (χ1) is 6.74. The van der Waals surface area contributed by atoms with E-state index in [2.05, 4.69) is 28.1 Å². The van der Waals surface area contributed by atoms with Crippen molar-refractivity contribution in [1.29, 1.82) is 0 Å². The number of ether oxygens (including phenoxy) is 1. The van der Waals surface area contributed by atoms with Crippen LogP contribution in [-0.2, 0) is 4.74 Å². The fourth-order valence-corrected chi connectivity index (χ4v) is 2.71. The Balaban J connectivity index is 2.06. The van der Waals surface area contributed by atoms with Crippen LogP contribution < -0.4 is 5.73 Å². The third kappa shape index (κ3) is 2.14. The smallest absolute Gasteiger partial charge is 0.0794 e.